The zero-order chi connectivity index (χ0) is 24.2. The second-order valence-electron chi connectivity index (χ2n) is 11.7. The average molecular weight is 456 g/mol. The fraction of sp³-hybridized carbons (Fsp3) is 0.242. The third-order valence-electron chi connectivity index (χ3n) is 7.91. The minimum absolute atomic E-state index is 0.162. The molecule has 0 fully saturated rings. The van der Waals surface area contributed by atoms with Crippen molar-refractivity contribution in [2.45, 2.75) is 41.0 Å². The molecule has 0 amide bonds. The molecule has 0 saturated heterocycles. The molecule has 2 heteroatoms. The fourth-order valence-electron chi connectivity index (χ4n) is 6.51. The van der Waals surface area contributed by atoms with Gasteiger partial charge in [-0.15, -0.1) is 0 Å². The van der Waals surface area contributed by atoms with Crippen molar-refractivity contribution in [3.05, 3.63) is 83.6 Å². The highest BCUT2D eigenvalue weighted by molar-refractivity contribution is 6.28. The maximum absolute atomic E-state index is 2.61. The zero-order valence-electron chi connectivity index (χ0n) is 21.5. The molecule has 0 aliphatic rings. The van der Waals surface area contributed by atoms with Crippen LogP contribution in [-0.4, -0.2) is 4.40 Å². The monoisotopic (exact) mass is 455 g/mol. The van der Waals surface area contributed by atoms with Crippen LogP contribution in [0.5, 0.6) is 0 Å². The van der Waals surface area contributed by atoms with Crippen molar-refractivity contribution >= 4 is 59.8 Å². The van der Waals surface area contributed by atoms with Crippen LogP contribution in [-0.2, 0) is 13.5 Å². The smallest absolute Gasteiger partial charge is 0.224 e. The van der Waals surface area contributed by atoms with E-state index in [9.17, 15) is 0 Å². The van der Waals surface area contributed by atoms with Gasteiger partial charge in [-0.25, -0.2) is 4.57 Å². The molecule has 172 valence electrons. The minimum atomic E-state index is 0.162. The summed E-state index contributed by atoms with van der Waals surface area (Å²) in [4.78, 5) is 0. The van der Waals surface area contributed by atoms with Crippen molar-refractivity contribution in [1.82, 2.24) is 4.40 Å². The van der Waals surface area contributed by atoms with E-state index in [1.54, 1.807) is 0 Å². The summed E-state index contributed by atoms with van der Waals surface area (Å²) >= 11 is 0. The van der Waals surface area contributed by atoms with Gasteiger partial charge in [-0.2, -0.15) is 0 Å². The van der Waals surface area contributed by atoms with Crippen LogP contribution in [0.4, 0.5) is 0 Å². The lowest BCUT2D eigenvalue weighted by Crippen LogP contribution is -2.29. The Bertz CT molecular complexity index is 1980. The van der Waals surface area contributed by atoms with Crippen molar-refractivity contribution in [3.8, 4) is 0 Å². The molecule has 35 heavy (non-hydrogen) atoms. The molecule has 7 aromatic rings. The van der Waals surface area contributed by atoms with E-state index in [2.05, 4.69) is 117 Å². The number of benzene rings is 4. The van der Waals surface area contributed by atoms with Crippen LogP contribution >= 0.6 is 0 Å². The predicted octanol–water partition coefficient (Wildman–Crippen LogP) is 8.17. The van der Waals surface area contributed by atoms with Crippen LogP contribution < -0.4 is 4.57 Å². The standard InChI is InChI=1S/C33H31N2/c1-19-11-13-24-25-14-12-21-15-16-34(6)32-28-20(2)22-9-7-8-10-23(22)26(18-33(3,4)5)31(28)35(27(24)17-19)30(25)29(21)32/h7-17H,18H2,1-6H3/q+1. The molecule has 7 rings (SSSR count). The summed E-state index contributed by atoms with van der Waals surface area (Å²) in [5, 5.41) is 9.50. The lowest BCUT2D eigenvalue weighted by Gasteiger charge is -2.24. The van der Waals surface area contributed by atoms with Gasteiger partial charge in [0, 0.05) is 16.8 Å². The Hall–Kier alpha value is -3.65. The number of hydrogen-bond acceptors (Lipinski definition) is 0. The largest absolute Gasteiger partial charge is 0.307 e. The Kier molecular flexibility index (Phi) is 3.98. The topological polar surface area (TPSA) is 8.29 Å². The SMILES string of the molecule is Cc1ccc2c3ccc4cc[n+](C)c5c6c(C)c7ccccc7c(CC(C)(C)C)c6n(c2c1)c3c45. The number of aryl methyl sites for hydroxylation is 3. The van der Waals surface area contributed by atoms with E-state index in [-0.39, 0.29) is 5.41 Å². The summed E-state index contributed by atoms with van der Waals surface area (Å²) in [6.45, 7) is 11.6. The predicted molar refractivity (Wildman–Crippen MR) is 150 cm³/mol. The molecule has 0 spiro atoms. The number of aromatic nitrogens is 2. The molecule has 0 bridgehead atoms. The summed E-state index contributed by atoms with van der Waals surface area (Å²) in [6, 6.07) is 22.9. The van der Waals surface area contributed by atoms with Crippen molar-refractivity contribution in [1.29, 1.82) is 0 Å². The van der Waals surface area contributed by atoms with Gasteiger partial charge >= 0.3 is 0 Å². The number of hydrogen-bond donors (Lipinski definition) is 0. The second kappa shape index (κ2) is 6.73. The van der Waals surface area contributed by atoms with Crippen LogP contribution in [0.25, 0.3) is 59.8 Å². The van der Waals surface area contributed by atoms with Gasteiger partial charge < -0.3 is 4.40 Å². The van der Waals surface area contributed by atoms with E-state index in [4.69, 9.17) is 0 Å². The lowest BCUT2D eigenvalue weighted by molar-refractivity contribution is -0.643. The van der Waals surface area contributed by atoms with Crippen LogP contribution in [0.1, 0.15) is 37.5 Å². The summed E-state index contributed by atoms with van der Waals surface area (Å²) in [6.07, 6.45) is 3.25. The Labute approximate surface area is 205 Å². The summed E-state index contributed by atoms with van der Waals surface area (Å²) in [5.41, 5.74) is 9.68. The maximum atomic E-state index is 2.61. The highest BCUT2D eigenvalue weighted by Crippen LogP contribution is 2.45. The van der Waals surface area contributed by atoms with Crippen LogP contribution in [0.15, 0.2) is 66.9 Å². The molecule has 0 aliphatic heterocycles. The molecule has 0 radical (unpaired) electrons. The van der Waals surface area contributed by atoms with Gasteiger partial charge in [0.05, 0.1) is 27.3 Å². The average Bonchev–Trinajstić information content (AvgIpc) is 3.15. The summed E-state index contributed by atoms with van der Waals surface area (Å²) < 4.78 is 4.96. The summed E-state index contributed by atoms with van der Waals surface area (Å²) in [7, 11) is 2.21. The lowest BCUT2D eigenvalue weighted by atomic mass is 9.83. The third kappa shape index (κ3) is 2.68. The van der Waals surface area contributed by atoms with E-state index in [1.807, 2.05) is 0 Å². The number of nitrogens with zero attached hydrogens (tertiary/aromatic N) is 2. The molecule has 3 aromatic heterocycles. The normalized spacial score (nSPS) is 13.0. The molecule has 0 unspecified atom stereocenters. The minimum Gasteiger partial charge on any atom is -0.307 e. The zero-order valence-corrected chi connectivity index (χ0v) is 21.5. The molecule has 0 saturated carbocycles. The first-order valence-electron chi connectivity index (χ1n) is 12.7. The van der Waals surface area contributed by atoms with Crippen LogP contribution in [0, 0.1) is 19.3 Å². The van der Waals surface area contributed by atoms with E-state index in [1.165, 1.54) is 76.5 Å². The quantitative estimate of drug-likeness (QED) is 0.134. The highest BCUT2D eigenvalue weighted by Gasteiger charge is 2.28. The van der Waals surface area contributed by atoms with Gasteiger partial charge in [-0.05, 0) is 64.6 Å². The molecule has 0 aliphatic carbocycles. The molecular weight excluding hydrogens is 424 g/mol. The maximum Gasteiger partial charge on any atom is 0.224 e. The molecule has 4 aromatic carbocycles. The first-order valence-corrected chi connectivity index (χ1v) is 12.7. The van der Waals surface area contributed by atoms with Gasteiger partial charge in [0.25, 0.3) is 0 Å². The fourth-order valence-corrected chi connectivity index (χ4v) is 6.51. The number of rotatable bonds is 1. The molecule has 2 nitrogen and oxygen atoms in total. The number of fused-ring (bicyclic) bond motifs is 7. The van der Waals surface area contributed by atoms with Crippen molar-refractivity contribution in [2.24, 2.45) is 12.5 Å². The highest BCUT2D eigenvalue weighted by atomic mass is 15.0. The molecule has 3 heterocycles. The van der Waals surface area contributed by atoms with E-state index in [0.717, 1.165) is 6.42 Å². The first kappa shape index (κ1) is 20.7. The second-order valence-corrected chi connectivity index (χ2v) is 11.7. The first-order chi connectivity index (χ1) is 16.7. The van der Waals surface area contributed by atoms with Gasteiger partial charge in [0.1, 0.15) is 7.05 Å². The Balaban J connectivity index is 1.95. The molecule has 0 atom stereocenters. The third-order valence-corrected chi connectivity index (χ3v) is 7.91. The molecular formula is C33H31N2+. The van der Waals surface area contributed by atoms with E-state index >= 15 is 0 Å². The summed E-state index contributed by atoms with van der Waals surface area (Å²) in [5.74, 6) is 0. The Morgan fingerprint density at radius 1 is 0.771 bits per heavy atom. The van der Waals surface area contributed by atoms with Crippen LogP contribution in [0.3, 0.4) is 0 Å². The van der Waals surface area contributed by atoms with E-state index < -0.39 is 0 Å². The van der Waals surface area contributed by atoms with Crippen molar-refractivity contribution in [2.75, 3.05) is 0 Å². The molecule has 0 N–H and O–H groups in total. The van der Waals surface area contributed by atoms with Gasteiger partial charge in [-0.1, -0.05) is 69.3 Å². The number of pyridine rings is 2. The van der Waals surface area contributed by atoms with Gasteiger partial charge in [-0.3, -0.25) is 0 Å². The van der Waals surface area contributed by atoms with Crippen LogP contribution in [0.2, 0.25) is 0 Å². The van der Waals surface area contributed by atoms with Crippen molar-refractivity contribution in [3.63, 3.8) is 0 Å². The van der Waals surface area contributed by atoms with E-state index in [0.29, 0.717) is 0 Å². The Morgan fingerprint density at radius 3 is 2.29 bits per heavy atom. The van der Waals surface area contributed by atoms with Gasteiger partial charge in [0.2, 0.25) is 5.52 Å². The Morgan fingerprint density at radius 2 is 1.51 bits per heavy atom. The van der Waals surface area contributed by atoms with Crippen molar-refractivity contribution < 1.29 is 4.57 Å². The van der Waals surface area contributed by atoms with Gasteiger partial charge in [0.15, 0.2) is 6.20 Å².